The Labute approximate surface area is 223 Å². The number of fused-ring (bicyclic) bond motifs is 2. The van der Waals surface area contributed by atoms with E-state index in [2.05, 4.69) is 73.1 Å². The molecule has 6 heteroatoms. The van der Waals surface area contributed by atoms with Crippen LogP contribution in [0.1, 0.15) is 72.5 Å². The minimum atomic E-state index is -4.32. The van der Waals surface area contributed by atoms with Crippen molar-refractivity contribution in [1.82, 2.24) is 5.32 Å². The molecule has 200 valence electrons. The first-order valence-electron chi connectivity index (χ1n) is 13.1. The molecule has 3 aromatic carbocycles. The van der Waals surface area contributed by atoms with Crippen LogP contribution in [0, 0.1) is 6.92 Å². The van der Waals surface area contributed by atoms with E-state index in [9.17, 15) is 13.2 Å². The van der Waals surface area contributed by atoms with Gasteiger partial charge in [-0.2, -0.15) is 13.2 Å². The van der Waals surface area contributed by atoms with E-state index in [-0.39, 0.29) is 11.5 Å². The van der Waals surface area contributed by atoms with Gasteiger partial charge in [-0.3, -0.25) is 0 Å². The van der Waals surface area contributed by atoms with Crippen LogP contribution in [0.2, 0.25) is 0 Å². The molecule has 3 aromatic rings. The fraction of sp³-hybridized carbons (Fsp3) is 0.344. The Morgan fingerprint density at radius 1 is 1.08 bits per heavy atom. The minimum absolute atomic E-state index is 0.151. The number of aryl methyl sites for hydroxylation is 1. The second-order valence-corrected chi connectivity index (χ2v) is 10.3. The third kappa shape index (κ3) is 5.79. The average Bonchev–Trinajstić information content (AvgIpc) is 3.60. The lowest BCUT2D eigenvalue weighted by atomic mass is 9.95. The molecule has 1 N–H and O–H groups in total. The molecular formula is C32H35F3N2O. The number of halogens is 3. The summed E-state index contributed by atoms with van der Waals surface area (Å²) in [5.74, 6) is 0. The molecule has 1 aliphatic carbocycles. The van der Waals surface area contributed by atoms with Gasteiger partial charge in [0.05, 0.1) is 17.3 Å². The molecule has 1 heterocycles. The number of hydrogen-bond acceptors (Lipinski definition) is 3. The maximum absolute atomic E-state index is 13.0. The zero-order chi connectivity index (χ0) is 27.5. The number of rotatable bonds is 7. The predicted molar refractivity (Wildman–Crippen MR) is 148 cm³/mol. The van der Waals surface area contributed by atoms with Crippen molar-refractivity contribution in [3.63, 3.8) is 0 Å². The lowest BCUT2D eigenvalue weighted by molar-refractivity contribution is -0.137. The molecule has 1 saturated carbocycles. The maximum atomic E-state index is 13.0. The maximum Gasteiger partial charge on any atom is 0.416 e. The Morgan fingerprint density at radius 2 is 1.71 bits per heavy atom. The Bertz CT molecular complexity index is 1280. The minimum Gasteiger partial charge on any atom is -0.378 e. The molecule has 1 spiro atoms. The number of aldehydes is 1. The highest BCUT2D eigenvalue weighted by molar-refractivity contribution is 5.81. The van der Waals surface area contributed by atoms with Gasteiger partial charge in [-0.05, 0) is 61.9 Å². The van der Waals surface area contributed by atoms with Crippen LogP contribution >= 0.6 is 0 Å². The zero-order valence-corrected chi connectivity index (χ0v) is 22.2. The van der Waals surface area contributed by atoms with Gasteiger partial charge in [0.25, 0.3) is 0 Å². The molecule has 38 heavy (non-hydrogen) atoms. The molecule has 0 amide bonds. The van der Waals surface area contributed by atoms with Crippen LogP contribution in [0.25, 0.3) is 5.70 Å². The van der Waals surface area contributed by atoms with Gasteiger partial charge in [-0.15, -0.1) is 0 Å². The average molecular weight is 521 g/mol. The van der Waals surface area contributed by atoms with Gasteiger partial charge >= 0.3 is 6.18 Å². The summed E-state index contributed by atoms with van der Waals surface area (Å²) in [5, 5.41) is 3.66. The van der Waals surface area contributed by atoms with Gasteiger partial charge in [0.2, 0.25) is 0 Å². The van der Waals surface area contributed by atoms with Gasteiger partial charge in [0.1, 0.15) is 6.29 Å². The quantitative estimate of drug-likeness (QED) is 0.321. The predicted octanol–water partition coefficient (Wildman–Crippen LogP) is 7.98. The van der Waals surface area contributed by atoms with E-state index in [0.29, 0.717) is 6.54 Å². The molecule has 0 saturated heterocycles. The number of carbonyl (C=O) groups is 1. The van der Waals surface area contributed by atoms with Gasteiger partial charge in [0, 0.05) is 29.8 Å². The molecule has 2 aliphatic rings. The number of benzene rings is 3. The van der Waals surface area contributed by atoms with Crippen LogP contribution in [0.15, 0.2) is 73.3 Å². The standard InChI is InChI=1S/C30H31F3N2.C2H4O/c1-4-27(23-12-8-20(2)9-13-23)34-21(3)25-6-5-7-26-28(25)35(19-29(26)16-17-29)18-22-10-14-24(15-11-22)30(31,32)33;1-2-3/h5-15,27,34H,3-4,16-19H2,1-2H3;2H,1H3. The summed E-state index contributed by atoms with van der Waals surface area (Å²) in [6.07, 6.45) is -0.349. The topological polar surface area (TPSA) is 32.3 Å². The Kier molecular flexibility index (Phi) is 8.00. The summed E-state index contributed by atoms with van der Waals surface area (Å²) < 4.78 is 39.1. The number of anilines is 1. The summed E-state index contributed by atoms with van der Waals surface area (Å²) in [4.78, 5) is 11.1. The Balaban J connectivity index is 0.00000107. The first-order valence-corrected chi connectivity index (χ1v) is 13.1. The van der Waals surface area contributed by atoms with Crippen molar-refractivity contribution >= 4 is 17.7 Å². The lowest BCUT2D eigenvalue weighted by Crippen LogP contribution is -2.25. The third-order valence-corrected chi connectivity index (χ3v) is 7.49. The van der Waals surface area contributed by atoms with E-state index < -0.39 is 11.7 Å². The van der Waals surface area contributed by atoms with Crippen LogP contribution < -0.4 is 10.2 Å². The van der Waals surface area contributed by atoms with Crippen molar-refractivity contribution in [3.05, 3.63) is 107 Å². The molecule has 1 unspecified atom stereocenters. The molecular weight excluding hydrogens is 485 g/mol. The normalized spacial score (nSPS) is 15.8. The van der Waals surface area contributed by atoms with E-state index in [1.165, 1.54) is 41.4 Å². The molecule has 0 aromatic heterocycles. The van der Waals surface area contributed by atoms with Gasteiger partial charge in [0.15, 0.2) is 0 Å². The fourth-order valence-corrected chi connectivity index (χ4v) is 5.33. The highest BCUT2D eigenvalue weighted by Gasteiger charge is 2.52. The first kappa shape index (κ1) is 27.5. The van der Waals surface area contributed by atoms with E-state index in [1.807, 2.05) is 0 Å². The molecule has 0 radical (unpaired) electrons. The second kappa shape index (κ2) is 11.1. The van der Waals surface area contributed by atoms with Crippen LogP contribution in [-0.4, -0.2) is 12.8 Å². The van der Waals surface area contributed by atoms with Crippen molar-refractivity contribution < 1.29 is 18.0 Å². The van der Waals surface area contributed by atoms with Crippen LogP contribution in [0.5, 0.6) is 0 Å². The van der Waals surface area contributed by atoms with Gasteiger partial charge in [-0.25, -0.2) is 0 Å². The molecule has 1 atom stereocenters. The summed E-state index contributed by atoms with van der Waals surface area (Å²) in [7, 11) is 0. The third-order valence-electron chi connectivity index (χ3n) is 7.49. The number of para-hydroxylation sites is 1. The van der Waals surface area contributed by atoms with E-state index in [4.69, 9.17) is 4.79 Å². The Morgan fingerprint density at radius 3 is 2.26 bits per heavy atom. The molecule has 1 aliphatic heterocycles. The van der Waals surface area contributed by atoms with Crippen molar-refractivity contribution in [2.45, 2.75) is 64.2 Å². The zero-order valence-electron chi connectivity index (χ0n) is 22.2. The largest absolute Gasteiger partial charge is 0.416 e. The van der Waals surface area contributed by atoms with Crippen molar-refractivity contribution in [3.8, 4) is 0 Å². The van der Waals surface area contributed by atoms with E-state index in [0.717, 1.165) is 48.9 Å². The van der Waals surface area contributed by atoms with Gasteiger partial charge < -0.3 is 15.0 Å². The monoisotopic (exact) mass is 520 g/mol. The van der Waals surface area contributed by atoms with E-state index in [1.54, 1.807) is 12.1 Å². The fourth-order valence-electron chi connectivity index (χ4n) is 5.33. The lowest BCUT2D eigenvalue weighted by Gasteiger charge is -2.26. The molecule has 1 fully saturated rings. The van der Waals surface area contributed by atoms with Crippen molar-refractivity contribution in [2.75, 3.05) is 11.4 Å². The number of hydrogen-bond donors (Lipinski definition) is 1. The van der Waals surface area contributed by atoms with Crippen LogP contribution in [0.4, 0.5) is 18.9 Å². The van der Waals surface area contributed by atoms with E-state index >= 15 is 0 Å². The highest BCUT2D eigenvalue weighted by Crippen LogP contribution is 2.58. The Hall–Kier alpha value is -3.54. The molecule has 5 rings (SSSR count). The summed E-state index contributed by atoms with van der Waals surface area (Å²) in [6.45, 7) is 11.6. The number of alkyl halides is 3. The summed E-state index contributed by atoms with van der Waals surface area (Å²) in [6, 6.07) is 20.7. The highest BCUT2D eigenvalue weighted by atomic mass is 19.4. The smallest absolute Gasteiger partial charge is 0.378 e. The van der Waals surface area contributed by atoms with Crippen LogP contribution in [-0.2, 0) is 22.9 Å². The van der Waals surface area contributed by atoms with Crippen molar-refractivity contribution in [2.24, 2.45) is 0 Å². The number of carbonyl (C=O) groups excluding carboxylic acids is 1. The summed E-state index contributed by atoms with van der Waals surface area (Å²) >= 11 is 0. The SMILES string of the molecule is C=C(NC(CC)c1ccc(C)cc1)c1cccc2c1N(Cc1ccc(C(F)(F)F)cc1)CC21CC1.CC=O. The van der Waals surface area contributed by atoms with Gasteiger partial charge in [-0.1, -0.05) is 73.7 Å². The second-order valence-electron chi connectivity index (χ2n) is 10.3. The van der Waals surface area contributed by atoms with Crippen molar-refractivity contribution in [1.29, 1.82) is 0 Å². The summed E-state index contributed by atoms with van der Waals surface area (Å²) in [5.41, 5.74) is 7.35. The number of nitrogens with zero attached hydrogens (tertiary/aromatic N) is 1. The molecule has 3 nitrogen and oxygen atoms in total. The van der Waals surface area contributed by atoms with Crippen LogP contribution in [0.3, 0.4) is 0 Å². The molecule has 0 bridgehead atoms. The first-order chi connectivity index (χ1) is 18.1. The number of nitrogens with one attached hydrogen (secondary N) is 1.